The van der Waals surface area contributed by atoms with Crippen LogP contribution < -0.4 is 0 Å². The molecule has 0 bridgehead atoms. The van der Waals surface area contributed by atoms with Gasteiger partial charge in [-0.25, -0.2) is 0 Å². The molecular weight excluding hydrogens is 241 g/mol. The van der Waals surface area contributed by atoms with E-state index in [1.807, 2.05) is 13.0 Å². The van der Waals surface area contributed by atoms with Gasteiger partial charge in [0.2, 0.25) is 0 Å². The quantitative estimate of drug-likeness (QED) is 0.357. The lowest BCUT2D eigenvalue weighted by atomic mass is 10.2. The van der Waals surface area contributed by atoms with Crippen molar-refractivity contribution in [2.75, 3.05) is 13.2 Å². The van der Waals surface area contributed by atoms with E-state index in [2.05, 4.69) is 19.5 Å². The fraction of sp³-hybridized carbons (Fsp3) is 0.800. The van der Waals surface area contributed by atoms with E-state index in [9.17, 15) is 0 Å². The van der Waals surface area contributed by atoms with Gasteiger partial charge in [0.05, 0.1) is 25.5 Å². The van der Waals surface area contributed by atoms with Crippen molar-refractivity contribution in [1.82, 2.24) is 0 Å². The molecule has 0 fully saturated rings. The largest absolute Gasteiger partial charge is 0.496 e. The fourth-order valence-corrected chi connectivity index (χ4v) is 1.29. The molecule has 17 heavy (non-hydrogen) atoms. The van der Waals surface area contributed by atoms with Crippen LogP contribution in [0.1, 0.15) is 26.2 Å². The lowest BCUT2D eigenvalue weighted by Gasteiger charge is -2.17. The maximum Gasteiger partial charge on any atom is 0.122 e. The van der Waals surface area contributed by atoms with Crippen LogP contribution in [-0.4, -0.2) is 30.5 Å². The predicted octanol–water partition coefficient (Wildman–Crippen LogP) is 2.55. The van der Waals surface area contributed by atoms with Gasteiger partial charge in [0, 0.05) is 14.4 Å². The molecule has 3 unspecified atom stereocenters. The van der Waals surface area contributed by atoms with Crippen LogP contribution in [0.2, 0.25) is 0 Å². The predicted molar refractivity (Wildman–Crippen MR) is 69.2 cm³/mol. The Morgan fingerprint density at radius 2 is 2.53 bits per heavy atom. The van der Waals surface area contributed by atoms with E-state index < -0.39 is 6.10 Å². The Kier molecular flexibility index (Phi) is 11.1. The van der Waals surface area contributed by atoms with Crippen LogP contribution in [0.25, 0.3) is 10.4 Å². The second-order valence-corrected chi connectivity index (χ2v) is 3.85. The third-order valence-corrected chi connectivity index (χ3v) is 2.32. The molecular formula is C10H20N3O3P. The maximum atomic E-state index is 8.72. The van der Waals surface area contributed by atoms with Gasteiger partial charge in [-0.2, -0.15) is 0 Å². The number of aliphatic hydroxyl groups is 1. The summed E-state index contributed by atoms with van der Waals surface area (Å²) in [5, 5.41) is 11.9. The summed E-state index contributed by atoms with van der Waals surface area (Å²) in [6, 6.07) is 0. The van der Waals surface area contributed by atoms with Gasteiger partial charge in [-0.05, 0) is 30.9 Å². The molecule has 0 aromatic heterocycles. The first-order valence-corrected chi connectivity index (χ1v) is 6.02. The summed E-state index contributed by atoms with van der Waals surface area (Å²) in [4.78, 5) is 2.49. The monoisotopic (exact) mass is 261 g/mol. The molecule has 0 amide bonds. The summed E-state index contributed by atoms with van der Waals surface area (Å²) in [7, 11) is 2.22. The maximum absolute atomic E-state index is 8.72. The van der Waals surface area contributed by atoms with Gasteiger partial charge >= 0.3 is 0 Å². The van der Waals surface area contributed by atoms with E-state index in [0.29, 0.717) is 13.0 Å². The summed E-state index contributed by atoms with van der Waals surface area (Å²) in [6.07, 6.45) is 6.40. The molecule has 0 saturated heterocycles. The van der Waals surface area contributed by atoms with Crippen molar-refractivity contribution in [3.8, 4) is 0 Å². The van der Waals surface area contributed by atoms with Gasteiger partial charge in [0.15, 0.2) is 0 Å². The van der Waals surface area contributed by atoms with Crippen molar-refractivity contribution < 1.29 is 14.4 Å². The van der Waals surface area contributed by atoms with Crippen molar-refractivity contribution in [1.29, 1.82) is 0 Å². The number of hydrogen-bond acceptors (Lipinski definition) is 4. The molecule has 0 aromatic rings. The molecule has 0 spiro atoms. The van der Waals surface area contributed by atoms with Crippen molar-refractivity contribution in [3.63, 3.8) is 0 Å². The number of hydrogen-bond donors (Lipinski definition) is 1. The van der Waals surface area contributed by atoms with E-state index in [1.165, 1.54) is 0 Å². The number of aliphatic hydroxyl groups excluding tert-OH is 1. The van der Waals surface area contributed by atoms with Crippen molar-refractivity contribution in [2.24, 2.45) is 5.11 Å². The number of azide groups is 1. The minimum Gasteiger partial charge on any atom is -0.496 e. The van der Waals surface area contributed by atoms with E-state index in [-0.39, 0.29) is 12.6 Å². The molecule has 3 atom stereocenters. The summed E-state index contributed by atoms with van der Waals surface area (Å²) >= 11 is 0. The first-order valence-electron chi connectivity index (χ1n) is 5.55. The standard InChI is InChI=1S/C6H11O2P.C4H9N3O/c9-8-5-6-3-1-2-4-7-6;1-2-4(8)3-6-7-5/h2,4,6H,1,3,5,9H2;4,8H,2-3H2,1H3. The molecule has 1 aliphatic heterocycles. The van der Waals surface area contributed by atoms with Crippen LogP contribution >= 0.6 is 9.47 Å². The van der Waals surface area contributed by atoms with Crippen LogP contribution in [0.15, 0.2) is 17.5 Å². The number of rotatable bonds is 5. The first kappa shape index (κ1) is 16.2. The Bertz CT molecular complexity index is 257. The molecule has 0 radical (unpaired) electrons. The van der Waals surface area contributed by atoms with Gasteiger partial charge in [-0.15, -0.1) is 0 Å². The second-order valence-electron chi connectivity index (χ2n) is 3.52. The van der Waals surface area contributed by atoms with Crippen molar-refractivity contribution in [2.45, 2.75) is 38.4 Å². The number of ether oxygens (including phenoxy) is 1. The molecule has 1 heterocycles. The molecule has 6 nitrogen and oxygen atoms in total. The van der Waals surface area contributed by atoms with Gasteiger partial charge in [0.25, 0.3) is 0 Å². The average molecular weight is 261 g/mol. The van der Waals surface area contributed by atoms with Gasteiger partial charge in [-0.1, -0.05) is 12.0 Å². The molecule has 0 saturated carbocycles. The molecule has 1 aliphatic rings. The fourth-order valence-electron chi connectivity index (χ4n) is 1.07. The topological polar surface area (TPSA) is 87.5 Å². The zero-order chi connectivity index (χ0) is 12.9. The van der Waals surface area contributed by atoms with E-state index >= 15 is 0 Å². The van der Waals surface area contributed by atoms with E-state index in [1.54, 1.807) is 6.26 Å². The summed E-state index contributed by atoms with van der Waals surface area (Å²) in [5.41, 5.74) is 7.76. The van der Waals surface area contributed by atoms with Gasteiger partial charge in [-0.3, -0.25) is 0 Å². The van der Waals surface area contributed by atoms with Crippen molar-refractivity contribution in [3.05, 3.63) is 22.8 Å². The Balaban J connectivity index is 0.000000304. The van der Waals surface area contributed by atoms with Crippen LogP contribution in [0.4, 0.5) is 0 Å². The highest BCUT2D eigenvalue weighted by Crippen LogP contribution is 2.10. The highest BCUT2D eigenvalue weighted by atomic mass is 31.0. The molecule has 1 rings (SSSR count). The molecule has 98 valence electrons. The Hall–Kier alpha value is -0.800. The minimum atomic E-state index is -0.467. The van der Waals surface area contributed by atoms with Crippen LogP contribution in [-0.2, 0) is 9.26 Å². The Labute approximate surface area is 104 Å². The summed E-state index contributed by atoms with van der Waals surface area (Å²) < 4.78 is 10.0. The van der Waals surface area contributed by atoms with Crippen LogP contribution in [0, 0.1) is 0 Å². The Morgan fingerprint density at radius 1 is 1.76 bits per heavy atom. The van der Waals surface area contributed by atoms with Gasteiger partial charge < -0.3 is 14.4 Å². The number of nitrogens with zero attached hydrogens (tertiary/aromatic N) is 3. The molecule has 0 aromatic carbocycles. The van der Waals surface area contributed by atoms with Gasteiger partial charge in [0.1, 0.15) is 6.10 Å². The van der Waals surface area contributed by atoms with E-state index in [0.717, 1.165) is 12.8 Å². The third kappa shape index (κ3) is 10.1. The Morgan fingerprint density at radius 3 is 3.00 bits per heavy atom. The number of allylic oxidation sites excluding steroid dienone is 1. The zero-order valence-electron chi connectivity index (χ0n) is 10.0. The average Bonchev–Trinajstić information content (AvgIpc) is 2.38. The zero-order valence-corrected chi connectivity index (χ0v) is 11.2. The summed E-state index contributed by atoms with van der Waals surface area (Å²) in [5.74, 6) is 0. The molecule has 0 aliphatic carbocycles. The summed E-state index contributed by atoms with van der Waals surface area (Å²) in [6.45, 7) is 2.69. The van der Waals surface area contributed by atoms with Crippen LogP contribution in [0.5, 0.6) is 0 Å². The second kappa shape index (κ2) is 11.7. The normalized spacial score (nSPS) is 19.4. The first-order chi connectivity index (χ1) is 8.24. The lowest BCUT2D eigenvalue weighted by molar-refractivity contribution is 0.0808. The molecule has 1 N–H and O–H groups in total. The van der Waals surface area contributed by atoms with E-state index in [4.69, 9.17) is 19.9 Å². The minimum absolute atomic E-state index is 0.188. The third-order valence-electron chi connectivity index (χ3n) is 2.13. The SMILES string of the molecule is CCC(O)CN=[N+]=[N-].POCC1CCC=CO1. The molecule has 7 heteroatoms. The van der Waals surface area contributed by atoms with Crippen LogP contribution in [0.3, 0.4) is 0 Å². The van der Waals surface area contributed by atoms with Crippen molar-refractivity contribution >= 4 is 9.47 Å². The highest BCUT2D eigenvalue weighted by Gasteiger charge is 2.08. The smallest absolute Gasteiger partial charge is 0.122 e. The lowest BCUT2D eigenvalue weighted by Crippen LogP contribution is -2.17. The highest BCUT2D eigenvalue weighted by molar-refractivity contribution is 7.09.